The van der Waals surface area contributed by atoms with E-state index in [2.05, 4.69) is 10.5 Å². The van der Waals surface area contributed by atoms with E-state index < -0.39 is 0 Å². The van der Waals surface area contributed by atoms with Crippen molar-refractivity contribution in [1.82, 2.24) is 5.43 Å². The Hall–Kier alpha value is -2.01. The van der Waals surface area contributed by atoms with E-state index in [1.165, 1.54) is 24.3 Å². The molecule has 2 rings (SSSR count). The molecule has 2 aromatic rings. The second-order valence-electron chi connectivity index (χ2n) is 3.84. The topological polar surface area (TPSA) is 41.5 Å². The SMILES string of the molecule is CC/C(=N/NC(=O)c1ccc(F)cc1)c1cccs1. The second-order valence-corrected chi connectivity index (χ2v) is 4.78. The van der Waals surface area contributed by atoms with Crippen LogP contribution in [0.4, 0.5) is 4.39 Å². The summed E-state index contributed by atoms with van der Waals surface area (Å²) in [7, 11) is 0. The third-order valence-corrected chi connectivity index (χ3v) is 3.46. The molecular weight excluding hydrogens is 263 g/mol. The molecule has 0 saturated heterocycles. The van der Waals surface area contributed by atoms with Crippen LogP contribution < -0.4 is 5.43 Å². The Labute approximate surface area is 114 Å². The lowest BCUT2D eigenvalue weighted by Crippen LogP contribution is -2.19. The van der Waals surface area contributed by atoms with Crippen LogP contribution in [0, 0.1) is 5.82 Å². The average Bonchev–Trinajstić information content (AvgIpc) is 2.94. The van der Waals surface area contributed by atoms with Crippen molar-refractivity contribution in [3.63, 3.8) is 0 Å². The minimum Gasteiger partial charge on any atom is -0.267 e. The number of nitrogens with one attached hydrogen (secondary N) is 1. The summed E-state index contributed by atoms with van der Waals surface area (Å²) in [4.78, 5) is 12.8. The zero-order chi connectivity index (χ0) is 13.7. The van der Waals surface area contributed by atoms with Crippen molar-refractivity contribution in [2.45, 2.75) is 13.3 Å². The second kappa shape index (κ2) is 6.24. The standard InChI is InChI=1S/C14H13FN2OS/c1-2-12(13-4-3-9-19-13)16-17-14(18)10-5-7-11(15)8-6-10/h3-9H,2H2,1H3,(H,17,18)/b16-12-. The first-order valence-corrected chi connectivity index (χ1v) is 6.75. The van der Waals surface area contributed by atoms with Crippen molar-refractivity contribution in [2.75, 3.05) is 0 Å². The van der Waals surface area contributed by atoms with E-state index in [1.807, 2.05) is 24.4 Å². The highest BCUT2D eigenvalue weighted by Crippen LogP contribution is 2.12. The Morgan fingerprint density at radius 2 is 2.05 bits per heavy atom. The molecule has 1 aromatic heterocycles. The van der Waals surface area contributed by atoms with Gasteiger partial charge in [0.2, 0.25) is 0 Å². The van der Waals surface area contributed by atoms with Crippen LogP contribution in [-0.2, 0) is 0 Å². The summed E-state index contributed by atoms with van der Waals surface area (Å²) in [5.41, 5.74) is 3.70. The zero-order valence-corrected chi connectivity index (χ0v) is 11.2. The number of carbonyl (C=O) groups is 1. The van der Waals surface area contributed by atoms with E-state index >= 15 is 0 Å². The van der Waals surface area contributed by atoms with Crippen molar-refractivity contribution in [2.24, 2.45) is 5.10 Å². The monoisotopic (exact) mass is 276 g/mol. The van der Waals surface area contributed by atoms with Crippen LogP contribution in [0.5, 0.6) is 0 Å². The molecule has 1 N–H and O–H groups in total. The number of hydrogen-bond acceptors (Lipinski definition) is 3. The number of rotatable bonds is 4. The first-order valence-electron chi connectivity index (χ1n) is 5.87. The predicted octanol–water partition coefficient (Wildman–Crippen LogP) is 3.43. The minimum atomic E-state index is -0.368. The van der Waals surface area contributed by atoms with Gasteiger partial charge in [0.15, 0.2) is 0 Å². The largest absolute Gasteiger partial charge is 0.271 e. The molecule has 0 unspecified atom stereocenters. The molecule has 0 spiro atoms. The molecular formula is C14H13FN2OS. The van der Waals surface area contributed by atoms with E-state index in [9.17, 15) is 9.18 Å². The summed E-state index contributed by atoms with van der Waals surface area (Å²) in [5, 5.41) is 6.08. The number of nitrogens with zero attached hydrogens (tertiary/aromatic N) is 1. The maximum Gasteiger partial charge on any atom is 0.271 e. The van der Waals surface area contributed by atoms with Gasteiger partial charge in [-0.2, -0.15) is 5.10 Å². The molecule has 0 saturated carbocycles. The fourth-order valence-electron chi connectivity index (χ4n) is 1.54. The summed E-state index contributed by atoms with van der Waals surface area (Å²) in [5.74, 6) is -0.713. The number of thiophene rings is 1. The first-order chi connectivity index (χ1) is 9.20. The number of amides is 1. The van der Waals surface area contributed by atoms with Crippen molar-refractivity contribution < 1.29 is 9.18 Å². The van der Waals surface area contributed by atoms with Crippen LogP contribution in [0.2, 0.25) is 0 Å². The van der Waals surface area contributed by atoms with Crippen LogP contribution in [-0.4, -0.2) is 11.6 Å². The molecule has 0 bridgehead atoms. The lowest BCUT2D eigenvalue weighted by Gasteiger charge is -2.03. The molecule has 98 valence electrons. The fourth-order valence-corrected chi connectivity index (χ4v) is 2.32. The summed E-state index contributed by atoms with van der Waals surface area (Å²) >= 11 is 1.57. The van der Waals surface area contributed by atoms with Crippen LogP contribution in [0.15, 0.2) is 46.9 Å². The van der Waals surface area contributed by atoms with Crippen molar-refractivity contribution in [3.8, 4) is 0 Å². The Kier molecular flexibility index (Phi) is 4.41. The van der Waals surface area contributed by atoms with Gasteiger partial charge in [-0.1, -0.05) is 13.0 Å². The third-order valence-electron chi connectivity index (χ3n) is 2.54. The van der Waals surface area contributed by atoms with Crippen LogP contribution >= 0.6 is 11.3 Å². The molecule has 0 atom stereocenters. The number of benzene rings is 1. The highest BCUT2D eigenvalue weighted by atomic mass is 32.1. The molecule has 1 aromatic carbocycles. The molecule has 1 heterocycles. The highest BCUT2D eigenvalue weighted by Gasteiger charge is 2.06. The summed E-state index contributed by atoms with van der Waals surface area (Å²) in [6.45, 7) is 1.97. The number of hydrazone groups is 1. The Morgan fingerprint density at radius 3 is 2.63 bits per heavy atom. The normalized spacial score (nSPS) is 11.4. The van der Waals surface area contributed by atoms with E-state index in [0.29, 0.717) is 5.56 Å². The number of hydrogen-bond donors (Lipinski definition) is 1. The molecule has 0 aliphatic carbocycles. The summed E-state index contributed by atoms with van der Waals surface area (Å²) in [6.07, 6.45) is 0.726. The maximum absolute atomic E-state index is 12.7. The zero-order valence-electron chi connectivity index (χ0n) is 10.4. The van der Waals surface area contributed by atoms with E-state index in [-0.39, 0.29) is 11.7 Å². The van der Waals surface area contributed by atoms with Crippen molar-refractivity contribution >= 4 is 23.0 Å². The highest BCUT2D eigenvalue weighted by molar-refractivity contribution is 7.12. The predicted molar refractivity (Wildman–Crippen MR) is 75.0 cm³/mol. The third kappa shape index (κ3) is 3.48. The van der Waals surface area contributed by atoms with Crippen LogP contribution in [0.3, 0.4) is 0 Å². The molecule has 0 aliphatic heterocycles. The van der Waals surface area contributed by atoms with Crippen molar-refractivity contribution in [1.29, 1.82) is 0 Å². The Morgan fingerprint density at radius 1 is 1.32 bits per heavy atom. The Bertz CT molecular complexity index is 576. The molecule has 0 radical (unpaired) electrons. The van der Waals surface area contributed by atoms with Crippen LogP contribution in [0.25, 0.3) is 0 Å². The van der Waals surface area contributed by atoms with Gasteiger partial charge in [-0.05, 0) is 42.1 Å². The molecule has 3 nitrogen and oxygen atoms in total. The first kappa shape index (κ1) is 13.4. The summed E-state index contributed by atoms with van der Waals surface area (Å²) < 4.78 is 12.7. The quantitative estimate of drug-likeness (QED) is 0.674. The van der Waals surface area contributed by atoms with E-state index in [4.69, 9.17) is 0 Å². The van der Waals surface area contributed by atoms with Gasteiger partial charge in [0.05, 0.1) is 10.6 Å². The van der Waals surface area contributed by atoms with Gasteiger partial charge >= 0.3 is 0 Å². The molecule has 0 aliphatic rings. The minimum absolute atomic E-state index is 0.345. The van der Waals surface area contributed by atoms with Gasteiger partial charge in [0, 0.05) is 5.56 Å². The van der Waals surface area contributed by atoms with Gasteiger partial charge in [-0.3, -0.25) is 4.79 Å². The van der Waals surface area contributed by atoms with Gasteiger partial charge in [0.25, 0.3) is 5.91 Å². The molecule has 19 heavy (non-hydrogen) atoms. The average molecular weight is 276 g/mol. The van der Waals surface area contributed by atoms with Gasteiger partial charge < -0.3 is 0 Å². The van der Waals surface area contributed by atoms with Crippen molar-refractivity contribution in [3.05, 3.63) is 58.0 Å². The molecule has 1 amide bonds. The number of carbonyl (C=O) groups excluding carboxylic acids is 1. The Balaban J connectivity index is 2.08. The fraction of sp³-hybridized carbons (Fsp3) is 0.143. The lowest BCUT2D eigenvalue weighted by atomic mass is 10.2. The van der Waals surface area contributed by atoms with Gasteiger partial charge in [-0.25, -0.2) is 9.82 Å². The lowest BCUT2D eigenvalue weighted by molar-refractivity contribution is 0.0955. The number of halogens is 1. The van der Waals surface area contributed by atoms with Gasteiger partial charge in [-0.15, -0.1) is 11.3 Å². The van der Waals surface area contributed by atoms with Crippen LogP contribution in [0.1, 0.15) is 28.6 Å². The van der Waals surface area contributed by atoms with E-state index in [0.717, 1.165) is 17.0 Å². The summed E-state index contributed by atoms with van der Waals surface area (Å²) in [6, 6.07) is 9.25. The van der Waals surface area contributed by atoms with E-state index in [1.54, 1.807) is 11.3 Å². The smallest absolute Gasteiger partial charge is 0.267 e. The van der Waals surface area contributed by atoms with Gasteiger partial charge in [0.1, 0.15) is 5.82 Å². The molecule has 0 fully saturated rings. The molecule has 5 heteroatoms. The maximum atomic E-state index is 12.7.